The molecule has 1 heterocycles. The zero-order valence-electron chi connectivity index (χ0n) is 9.57. The molecule has 1 saturated heterocycles. The third-order valence-electron chi connectivity index (χ3n) is 2.80. The third kappa shape index (κ3) is 2.42. The second kappa shape index (κ2) is 5.29. The Kier molecular flexibility index (Phi) is 3.75. The van der Waals surface area contributed by atoms with Crippen LogP contribution in [0.25, 0.3) is 0 Å². The number of aliphatic hydroxyl groups excluding tert-OH is 1. The predicted octanol–water partition coefficient (Wildman–Crippen LogP) is 1.03. The molecule has 0 bridgehead atoms. The van der Waals surface area contributed by atoms with Crippen molar-refractivity contribution < 1.29 is 18.6 Å². The fraction of sp³-hybridized carbons (Fsp3) is 0.417. The molecule has 1 fully saturated rings. The molecular weight excluding hydrogens is 242 g/mol. The Morgan fingerprint density at radius 1 is 1.44 bits per heavy atom. The number of rotatable bonds is 2. The predicted molar refractivity (Wildman–Crippen MR) is 60.1 cm³/mol. The van der Waals surface area contributed by atoms with Crippen LogP contribution in [-0.2, 0) is 4.74 Å². The van der Waals surface area contributed by atoms with Crippen molar-refractivity contribution in [2.45, 2.75) is 6.10 Å². The average Bonchev–Trinajstić information content (AvgIpc) is 2.38. The minimum Gasteiger partial charge on any atom is -0.394 e. The number of halogens is 2. The smallest absolute Gasteiger partial charge is 0.150 e. The van der Waals surface area contributed by atoms with Gasteiger partial charge in [-0.3, -0.25) is 0 Å². The van der Waals surface area contributed by atoms with Crippen LogP contribution in [0.2, 0.25) is 0 Å². The topological polar surface area (TPSA) is 56.5 Å². The molecule has 0 radical (unpaired) electrons. The highest BCUT2D eigenvalue weighted by atomic mass is 19.1. The zero-order valence-corrected chi connectivity index (χ0v) is 9.57. The van der Waals surface area contributed by atoms with Crippen LogP contribution < -0.4 is 4.90 Å². The van der Waals surface area contributed by atoms with E-state index in [1.54, 1.807) is 6.07 Å². The van der Waals surface area contributed by atoms with E-state index in [4.69, 9.17) is 15.1 Å². The Morgan fingerprint density at radius 3 is 2.67 bits per heavy atom. The molecule has 0 aromatic heterocycles. The van der Waals surface area contributed by atoms with Crippen LogP contribution in [0.15, 0.2) is 12.1 Å². The molecule has 1 aliphatic rings. The van der Waals surface area contributed by atoms with Crippen LogP contribution in [-0.4, -0.2) is 37.5 Å². The Morgan fingerprint density at radius 2 is 2.11 bits per heavy atom. The fourth-order valence-electron chi connectivity index (χ4n) is 1.97. The highest BCUT2D eigenvalue weighted by Gasteiger charge is 2.25. The highest BCUT2D eigenvalue weighted by Crippen LogP contribution is 2.26. The summed E-state index contributed by atoms with van der Waals surface area (Å²) in [5.74, 6) is -1.55. The molecule has 1 aromatic rings. The van der Waals surface area contributed by atoms with Crippen LogP contribution in [0, 0.1) is 23.0 Å². The molecule has 18 heavy (non-hydrogen) atoms. The molecule has 2 rings (SSSR count). The Hall–Kier alpha value is -1.71. The number of nitriles is 1. The second-order valence-corrected chi connectivity index (χ2v) is 4.02. The molecular formula is C12H12F2N2O2. The molecule has 0 spiro atoms. The van der Waals surface area contributed by atoms with Crippen LogP contribution in [0.5, 0.6) is 0 Å². The number of benzene rings is 1. The lowest BCUT2D eigenvalue weighted by Gasteiger charge is -2.34. The van der Waals surface area contributed by atoms with E-state index in [1.165, 1.54) is 4.90 Å². The lowest BCUT2D eigenvalue weighted by atomic mass is 10.1. The normalized spacial score (nSPS) is 19.7. The Labute approximate surface area is 103 Å². The summed E-state index contributed by atoms with van der Waals surface area (Å²) in [7, 11) is 0. The summed E-state index contributed by atoms with van der Waals surface area (Å²) in [5, 5.41) is 17.6. The van der Waals surface area contributed by atoms with E-state index in [0.717, 1.165) is 12.1 Å². The molecule has 96 valence electrons. The van der Waals surface area contributed by atoms with Crippen molar-refractivity contribution in [1.82, 2.24) is 0 Å². The van der Waals surface area contributed by atoms with Crippen molar-refractivity contribution in [1.29, 1.82) is 5.26 Å². The van der Waals surface area contributed by atoms with Gasteiger partial charge >= 0.3 is 0 Å². The van der Waals surface area contributed by atoms with Crippen LogP contribution in [0.1, 0.15) is 5.56 Å². The first-order valence-electron chi connectivity index (χ1n) is 5.52. The summed E-state index contributed by atoms with van der Waals surface area (Å²) in [5.41, 5.74) is -0.225. The van der Waals surface area contributed by atoms with E-state index in [-0.39, 0.29) is 24.4 Å². The summed E-state index contributed by atoms with van der Waals surface area (Å²) in [6.45, 7) is 0.659. The molecule has 6 heteroatoms. The molecule has 0 amide bonds. The van der Waals surface area contributed by atoms with Gasteiger partial charge in [-0.05, 0) is 12.1 Å². The van der Waals surface area contributed by atoms with E-state index >= 15 is 0 Å². The summed E-state index contributed by atoms with van der Waals surface area (Å²) in [4.78, 5) is 1.48. The van der Waals surface area contributed by atoms with Gasteiger partial charge in [-0.1, -0.05) is 0 Å². The first-order valence-corrected chi connectivity index (χ1v) is 5.52. The molecule has 1 atom stereocenters. The molecule has 1 aliphatic heterocycles. The number of hydrogen-bond acceptors (Lipinski definition) is 4. The number of ether oxygens (including phenoxy) is 1. The summed E-state index contributed by atoms with van der Waals surface area (Å²) < 4.78 is 32.8. The molecule has 1 aromatic carbocycles. The van der Waals surface area contributed by atoms with Gasteiger partial charge in [0.15, 0.2) is 11.6 Å². The number of nitrogens with zero attached hydrogens (tertiary/aromatic N) is 2. The van der Waals surface area contributed by atoms with Crippen molar-refractivity contribution in [2.75, 3.05) is 31.2 Å². The van der Waals surface area contributed by atoms with Crippen LogP contribution in [0.4, 0.5) is 14.5 Å². The third-order valence-corrected chi connectivity index (χ3v) is 2.80. The van der Waals surface area contributed by atoms with Gasteiger partial charge in [0.2, 0.25) is 0 Å². The maximum Gasteiger partial charge on any atom is 0.150 e. The van der Waals surface area contributed by atoms with Crippen molar-refractivity contribution >= 4 is 5.69 Å². The van der Waals surface area contributed by atoms with Gasteiger partial charge in [0.05, 0.1) is 31.0 Å². The van der Waals surface area contributed by atoms with Gasteiger partial charge in [-0.2, -0.15) is 5.26 Å². The molecule has 1 unspecified atom stereocenters. The van der Waals surface area contributed by atoms with E-state index in [2.05, 4.69) is 0 Å². The maximum absolute atomic E-state index is 13.8. The number of hydrogen-bond donors (Lipinski definition) is 1. The number of morpholine rings is 1. The zero-order chi connectivity index (χ0) is 13.1. The lowest BCUT2D eigenvalue weighted by molar-refractivity contribution is 0.00323. The van der Waals surface area contributed by atoms with E-state index in [9.17, 15) is 8.78 Å². The summed E-state index contributed by atoms with van der Waals surface area (Å²) >= 11 is 0. The first-order chi connectivity index (χ1) is 8.65. The van der Waals surface area contributed by atoms with E-state index in [1.807, 2.05) is 0 Å². The standard InChI is InChI=1S/C12H12F2N2O2/c13-10-3-8(5-15)4-11(14)12(10)16-1-2-18-9(6-16)7-17/h3-4,9,17H,1-2,6-7H2. The fourth-order valence-corrected chi connectivity index (χ4v) is 1.97. The van der Waals surface area contributed by atoms with Crippen molar-refractivity contribution in [2.24, 2.45) is 0 Å². The van der Waals surface area contributed by atoms with Crippen molar-refractivity contribution in [3.63, 3.8) is 0 Å². The van der Waals surface area contributed by atoms with Gasteiger partial charge in [0, 0.05) is 13.1 Å². The van der Waals surface area contributed by atoms with Gasteiger partial charge in [-0.15, -0.1) is 0 Å². The van der Waals surface area contributed by atoms with Gasteiger partial charge in [0.25, 0.3) is 0 Å². The van der Waals surface area contributed by atoms with Gasteiger partial charge in [0.1, 0.15) is 5.69 Å². The van der Waals surface area contributed by atoms with Crippen molar-refractivity contribution in [3.05, 3.63) is 29.3 Å². The molecule has 0 saturated carbocycles. The molecule has 0 aliphatic carbocycles. The first kappa shape index (κ1) is 12.7. The number of aliphatic hydroxyl groups is 1. The second-order valence-electron chi connectivity index (χ2n) is 4.02. The largest absolute Gasteiger partial charge is 0.394 e. The van der Waals surface area contributed by atoms with Crippen molar-refractivity contribution in [3.8, 4) is 6.07 Å². The van der Waals surface area contributed by atoms with Crippen LogP contribution >= 0.6 is 0 Å². The average molecular weight is 254 g/mol. The van der Waals surface area contributed by atoms with Gasteiger partial charge in [-0.25, -0.2) is 8.78 Å². The van der Waals surface area contributed by atoms with E-state index in [0.29, 0.717) is 13.2 Å². The minimum absolute atomic E-state index is 0.0549. The maximum atomic E-state index is 13.8. The van der Waals surface area contributed by atoms with Gasteiger partial charge < -0.3 is 14.7 Å². The SMILES string of the molecule is N#Cc1cc(F)c(N2CCOC(CO)C2)c(F)c1. The lowest BCUT2D eigenvalue weighted by Crippen LogP contribution is -2.44. The Bertz CT molecular complexity index is 464. The summed E-state index contributed by atoms with van der Waals surface area (Å²) in [6, 6.07) is 3.70. The summed E-state index contributed by atoms with van der Waals surface area (Å²) in [6.07, 6.45) is -0.451. The van der Waals surface area contributed by atoms with Crippen LogP contribution in [0.3, 0.4) is 0 Å². The number of anilines is 1. The molecule has 1 N–H and O–H groups in total. The Balaban J connectivity index is 2.30. The minimum atomic E-state index is -0.773. The monoisotopic (exact) mass is 254 g/mol. The van der Waals surface area contributed by atoms with E-state index < -0.39 is 17.7 Å². The highest BCUT2D eigenvalue weighted by molar-refractivity contribution is 5.53. The quantitative estimate of drug-likeness (QED) is 0.856. The molecule has 4 nitrogen and oxygen atoms in total.